The lowest BCUT2D eigenvalue weighted by Crippen LogP contribution is -2.54. The van der Waals surface area contributed by atoms with Crippen molar-refractivity contribution in [3.63, 3.8) is 0 Å². The monoisotopic (exact) mass is 506 g/mol. The molecule has 2 aromatic carbocycles. The predicted octanol–water partition coefficient (Wildman–Crippen LogP) is 4.36. The minimum atomic E-state index is -0.655. The molecule has 1 aromatic heterocycles. The number of aromatic nitrogens is 1. The van der Waals surface area contributed by atoms with Gasteiger partial charge in [0.25, 0.3) is 0 Å². The Labute approximate surface area is 215 Å². The molecule has 0 spiro atoms. The van der Waals surface area contributed by atoms with Crippen LogP contribution in [0.1, 0.15) is 28.8 Å². The average molecular weight is 507 g/mol. The van der Waals surface area contributed by atoms with Gasteiger partial charge in [0, 0.05) is 25.2 Å². The van der Waals surface area contributed by atoms with Crippen LogP contribution >= 0.6 is 0 Å². The fraction of sp³-hybridized carbons (Fsp3) is 0.357. The van der Waals surface area contributed by atoms with Crippen molar-refractivity contribution in [3.8, 4) is 11.4 Å². The van der Waals surface area contributed by atoms with Gasteiger partial charge in [-0.15, -0.1) is 0 Å². The van der Waals surface area contributed by atoms with E-state index >= 15 is 0 Å². The lowest BCUT2D eigenvalue weighted by Gasteiger charge is -2.41. The number of para-hydroxylation sites is 1. The normalized spacial score (nSPS) is 16.1. The van der Waals surface area contributed by atoms with Crippen molar-refractivity contribution in [3.05, 3.63) is 78.1 Å². The lowest BCUT2D eigenvalue weighted by molar-refractivity contribution is -0.0298. The number of nitrogens with zero attached hydrogens (tertiary/aromatic N) is 2. The van der Waals surface area contributed by atoms with Gasteiger partial charge < -0.3 is 33.2 Å². The van der Waals surface area contributed by atoms with Crippen LogP contribution < -0.4 is 9.64 Å². The number of methoxy groups -OCH3 is 1. The number of benzene rings is 2. The minimum Gasteiger partial charge on any atom is -0.487 e. The second-order valence-electron chi connectivity index (χ2n) is 9.01. The van der Waals surface area contributed by atoms with Crippen molar-refractivity contribution in [2.75, 3.05) is 38.3 Å². The largest absolute Gasteiger partial charge is 0.508 e. The second-order valence-corrected chi connectivity index (χ2v) is 9.01. The van der Waals surface area contributed by atoms with Crippen LogP contribution in [0.25, 0.3) is 5.69 Å². The second kappa shape index (κ2) is 11.4. The fourth-order valence-electron chi connectivity index (χ4n) is 4.49. The standard InChI is InChI=1S/C28H30N2O7/c1-33-27(31)24-5-4-6-25(26(24)29-13-2-3-14-29)30-17-23(18-30)36-21-9-7-20(8-10-21)19-35-28(32)37-22-11-15-34-16-12-22/h2-10,13-14,22-23H,11-12,15-19H2,1H3. The van der Waals surface area contributed by atoms with E-state index in [1.165, 1.54) is 7.11 Å². The molecule has 2 fully saturated rings. The molecule has 0 unspecified atom stereocenters. The molecule has 0 N–H and O–H groups in total. The number of carbonyl (C=O) groups is 2. The molecule has 3 aromatic rings. The maximum atomic E-state index is 12.4. The van der Waals surface area contributed by atoms with Crippen molar-refractivity contribution >= 4 is 17.8 Å². The number of hydrogen-bond acceptors (Lipinski definition) is 8. The van der Waals surface area contributed by atoms with Crippen LogP contribution in [0.2, 0.25) is 0 Å². The van der Waals surface area contributed by atoms with E-state index in [2.05, 4.69) is 4.90 Å². The molecular weight excluding hydrogens is 476 g/mol. The zero-order valence-electron chi connectivity index (χ0n) is 20.7. The number of esters is 1. The molecule has 2 aliphatic heterocycles. The number of hydrogen-bond donors (Lipinski definition) is 0. The third-order valence-corrected chi connectivity index (χ3v) is 6.49. The fourth-order valence-corrected chi connectivity index (χ4v) is 4.49. The van der Waals surface area contributed by atoms with Gasteiger partial charge in [-0.25, -0.2) is 9.59 Å². The Morgan fingerprint density at radius 2 is 1.68 bits per heavy atom. The molecule has 0 aliphatic carbocycles. The summed E-state index contributed by atoms with van der Waals surface area (Å²) in [5.74, 6) is 0.368. The highest BCUT2D eigenvalue weighted by Gasteiger charge is 2.32. The highest BCUT2D eigenvalue weighted by molar-refractivity contribution is 5.96. The first-order valence-electron chi connectivity index (χ1n) is 12.4. The number of ether oxygens (including phenoxy) is 5. The third-order valence-electron chi connectivity index (χ3n) is 6.49. The average Bonchev–Trinajstić information content (AvgIpc) is 3.44. The Hall–Kier alpha value is -3.98. The molecule has 0 amide bonds. The molecule has 37 heavy (non-hydrogen) atoms. The summed E-state index contributed by atoms with van der Waals surface area (Å²) in [5.41, 5.74) is 3.09. The van der Waals surface area contributed by atoms with Crippen LogP contribution in [0.3, 0.4) is 0 Å². The van der Waals surface area contributed by atoms with Gasteiger partial charge in [0.2, 0.25) is 0 Å². The molecule has 9 nitrogen and oxygen atoms in total. The molecule has 0 saturated carbocycles. The zero-order valence-corrected chi connectivity index (χ0v) is 20.7. The summed E-state index contributed by atoms with van der Waals surface area (Å²) in [5, 5.41) is 0. The molecule has 3 heterocycles. The van der Waals surface area contributed by atoms with Crippen molar-refractivity contribution in [2.45, 2.75) is 31.7 Å². The van der Waals surface area contributed by atoms with Gasteiger partial charge in [-0.1, -0.05) is 18.2 Å². The van der Waals surface area contributed by atoms with Gasteiger partial charge >= 0.3 is 12.1 Å². The first kappa shape index (κ1) is 24.7. The van der Waals surface area contributed by atoms with Crippen LogP contribution in [-0.4, -0.2) is 62.3 Å². The first-order chi connectivity index (χ1) is 18.1. The zero-order chi connectivity index (χ0) is 25.6. The van der Waals surface area contributed by atoms with E-state index in [0.717, 1.165) is 22.7 Å². The lowest BCUT2D eigenvalue weighted by atomic mass is 10.1. The number of rotatable bonds is 8. The summed E-state index contributed by atoms with van der Waals surface area (Å²) in [6, 6.07) is 17.0. The Bertz CT molecular complexity index is 1200. The Balaban J connectivity index is 1.14. The number of carbonyl (C=O) groups excluding carboxylic acids is 2. The molecular formula is C28H30N2O7. The van der Waals surface area contributed by atoms with E-state index in [1.807, 2.05) is 65.5 Å². The van der Waals surface area contributed by atoms with Crippen LogP contribution in [0, 0.1) is 0 Å². The van der Waals surface area contributed by atoms with Crippen LogP contribution in [0.5, 0.6) is 5.75 Å². The summed E-state index contributed by atoms with van der Waals surface area (Å²) >= 11 is 0. The summed E-state index contributed by atoms with van der Waals surface area (Å²) in [4.78, 5) is 26.5. The number of anilines is 1. The SMILES string of the molecule is COC(=O)c1cccc(N2CC(Oc3ccc(COC(=O)OC4CCOCC4)cc3)C2)c1-n1cccc1. The molecule has 0 bridgehead atoms. The van der Waals surface area contributed by atoms with E-state index in [4.69, 9.17) is 23.7 Å². The highest BCUT2D eigenvalue weighted by Crippen LogP contribution is 2.33. The highest BCUT2D eigenvalue weighted by atomic mass is 16.7. The Morgan fingerprint density at radius 3 is 2.38 bits per heavy atom. The van der Waals surface area contributed by atoms with Gasteiger partial charge in [0.1, 0.15) is 24.6 Å². The Morgan fingerprint density at radius 1 is 0.946 bits per heavy atom. The molecule has 2 aliphatic rings. The van der Waals surface area contributed by atoms with E-state index in [1.54, 1.807) is 6.07 Å². The smallest absolute Gasteiger partial charge is 0.487 e. The topological polar surface area (TPSA) is 88.5 Å². The quantitative estimate of drug-likeness (QED) is 0.417. The summed E-state index contributed by atoms with van der Waals surface area (Å²) < 4.78 is 28.9. The predicted molar refractivity (Wildman–Crippen MR) is 135 cm³/mol. The third kappa shape index (κ3) is 5.89. The Kier molecular flexibility index (Phi) is 7.60. The van der Waals surface area contributed by atoms with Crippen LogP contribution in [0.4, 0.5) is 10.5 Å². The van der Waals surface area contributed by atoms with Gasteiger partial charge in [0.05, 0.1) is 50.4 Å². The molecule has 0 radical (unpaired) electrons. The van der Waals surface area contributed by atoms with Crippen LogP contribution in [-0.2, 0) is 25.6 Å². The van der Waals surface area contributed by atoms with Crippen molar-refractivity contribution < 1.29 is 33.3 Å². The van der Waals surface area contributed by atoms with E-state index in [0.29, 0.717) is 44.7 Å². The molecule has 5 rings (SSSR count). The molecule has 9 heteroatoms. The van der Waals surface area contributed by atoms with Crippen molar-refractivity contribution in [1.29, 1.82) is 0 Å². The van der Waals surface area contributed by atoms with Gasteiger partial charge in [-0.3, -0.25) is 0 Å². The van der Waals surface area contributed by atoms with Crippen molar-refractivity contribution in [1.82, 2.24) is 4.57 Å². The van der Waals surface area contributed by atoms with Crippen LogP contribution in [0.15, 0.2) is 67.0 Å². The van der Waals surface area contributed by atoms with Gasteiger partial charge in [0.15, 0.2) is 0 Å². The summed E-state index contributed by atoms with van der Waals surface area (Å²) in [6.07, 6.45) is 4.44. The molecule has 0 atom stereocenters. The molecule has 194 valence electrons. The molecule has 2 saturated heterocycles. The summed E-state index contributed by atoms with van der Waals surface area (Å²) in [7, 11) is 1.39. The minimum absolute atomic E-state index is 0.0100. The maximum absolute atomic E-state index is 12.4. The van der Waals surface area contributed by atoms with Gasteiger partial charge in [-0.05, 0) is 42.0 Å². The maximum Gasteiger partial charge on any atom is 0.508 e. The first-order valence-corrected chi connectivity index (χ1v) is 12.4. The van der Waals surface area contributed by atoms with E-state index in [-0.39, 0.29) is 24.8 Å². The van der Waals surface area contributed by atoms with E-state index in [9.17, 15) is 9.59 Å². The summed E-state index contributed by atoms with van der Waals surface area (Å²) in [6.45, 7) is 2.71. The van der Waals surface area contributed by atoms with Crippen molar-refractivity contribution in [2.24, 2.45) is 0 Å². The van der Waals surface area contributed by atoms with E-state index < -0.39 is 6.16 Å². The van der Waals surface area contributed by atoms with Gasteiger partial charge in [-0.2, -0.15) is 0 Å².